The van der Waals surface area contributed by atoms with E-state index in [0.29, 0.717) is 5.16 Å². The molecule has 18 heavy (non-hydrogen) atoms. The molecular weight excluding hydrogens is 249 g/mol. The highest BCUT2D eigenvalue weighted by Crippen LogP contribution is 2.31. The molecule has 0 radical (unpaired) electrons. The zero-order valence-electron chi connectivity index (χ0n) is 10.2. The highest BCUT2D eigenvalue weighted by molar-refractivity contribution is 7.99. The molecule has 5 heteroatoms. The van der Waals surface area contributed by atoms with Gasteiger partial charge in [-0.2, -0.15) is 0 Å². The van der Waals surface area contributed by atoms with Gasteiger partial charge in [-0.05, 0) is 54.9 Å². The Kier molecular flexibility index (Phi) is 3.93. The summed E-state index contributed by atoms with van der Waals surface area (Å²) in [5, 5.41) is 0.633. The molecular formula is C13H14FN3S. The van der Waals surface area contributed by atoms with Crippen molar-refractivity contribution in [1.29, 1.82) is 0 Å². The summed E-state index contributed by atoms with van der Waals surface area (Å²) in [5.41, 5.74) is 7.61. The summed E-state index contributed by atoms with van der Waals surface area (Å²) >= 11 is 1.39. The van der Waals surface area contributed by atoms with Crippen molar-refractivity contribution in [3.63, 3.8) is 0 Å². The third-order valence-electron chi connectivity index (χ3n) is 2.42. The molecule has 0 saturated heterocycles. The van der Waals surface area contributed by atoms with Crippen LogP contribution in [-0.2, 0) is 0 Å². The Hall–Kier alpha value is -1.46. The number of nitrogens with two attached hydrogens (primary N) is 1. The number of aryl methyl sites for hydroxylation is 1. The molecule has 1 unspecified atom stereocenters. The molecule has 0 bridgehead atoms. The molecule has 2 N–H and O–H groups in total. The van der Waals surface area contributed by atoms with Crippen LogP contribution in [0.1, 0.15) is 24.1 Å². The first-order valence-corrected chi connectivity index (χ1v) is 6.39. The summed E-state index contributed by atoms with van der Waals surface area (Å²) < 4.78 is 13.2. The average molecular weight is 263 g/mol. The Bertz CT molecular complexity index is 540. The van der Waals surface area contributed by atoms with E-state index >= 15 is 0 Å². The monoisotopic (exact) mass is 263 g/mol. The average Bonchev–Trinajstić information content (AvgIpc) is 2.34. The van der Waals surface area contributed by atoms with Gasteiger partial charge in [0.2, 0.25) is 0 Å². The first-order chi connectivity index (χ1) is 8.56. The van der Waals surface area contributed by atoms with E-state index in [9.17, 15) is 4.39 Å². The minimum absolute atomic E-state index is 0.228. The normalized spacial score (nSPS) is 12.4. The maximum atomic E-state index is 13.2. The Balaban J connectivity index is 2.31. The molecule has 0 aliphatic heterocycles. The van der Waals surface area contributed by atoms with E-state index in [1.165, 1.54) is 23.9 Å². The first kappa shape index (κ1) is 13.0. The van der Waals surface area contributed by atoms with E-state index < -0.39 is 0 Å². The molecule has 0 aliphatic carbocycles. The molecule has 1 atom stereocenters. The second kappa shape index (κ2) is 5.46. The summed E-state index contributed by atoms with van der Waals surface area (Å²) in [5.74, 6) is -0.281. The first-order valence-electron chi connectivity index (χ1n) is 5.58. The van der Waals surface area contributed by atoms with Crippen LogP contribution in [-0.4, -0.2) is 9.97 Å². The van der Waals surface area contributed by atoms with Gasteiger partial charge in [0.25, 0.3) is 0 Å². The van der Waals surface area contributed by atoms with Crippen LogP contribution in [0, 0.1) is 12.7 Å². The van der Waals surface area contributed by atoms with Gasteiger partial charge in [0.05, 0.1) is 0 Å². The third-order valence-corrected chi connectivity index (χ3v) is 3.41. The van der Waals surface area contributed by atoms with Crippen LogP contribution in [0.3, 0.4) is 0 Å². The molecule has 0 saturated carbocycles. The van der Waals surface area contributed by atoms with E-state index in [2.05, 4.69) is 9.97 Å². The van der Waals surface area contributed by atoms with Crippen LogP contribution < -0.4 is 5.73 Å². The second-order valence-electron chi connectivity index (χ2n) is 4.12. The molecule has 1 heterocycles. The Morgan fingerprint density at radius 1 is 1.28 bits per heavy atom. The number of aromatic nitrogens is 2. The smallest absolute Gasteiger partial charge is 0.192 e. The zero-order chi connectivity index (χ0) is 13.1. The summed E-state index contributed by atoms with van der Waals surface area (Å²) in [6, 6.07) is 4.36. The molecule has 2 rings (SSSR count). The van der Waals surface area contributed by atoms with Gasteiger partial charge in [0, 0.05) is 23.3 Å². The van der Waals surface area contributed by atoms with Gasteiger partial charge in [-0.15, -0.1) is 0 Å². The summed E-state index contributed by atoms with van der Waals surface area (Å²) in [7, 11) is 0. The largest absolute Gasteiger partial charge is 0.324 e. The Labute approximate surface area is 110 Å². The topological polar surface area (TPSA) is 51.8 Å². The number of benzene rings is 1. The molecule has 2 aromatic rings. The van der Waals surface area contributed by atoms with E-state index in [1.54, 1.807) is 18.5 Å². The van der Waals surface area contributed by atoms with Crippen molar-refractivity contribution in [2.75, 3.05) is 0 Å². The minimum Gasteiger partial charge on any atom is -0.324 e. The summed E-state index contributed by atoms with van der Waals surface area (Å²) in [4.78, 5) is 9.31. The van der Waals surface area contributed by atoms with Crippen molar-refractivity contribution in [3.8, 4) is 0 Å². The lowest BCUT2D eigenvalue weighted by Crippen LogP contribution is -2.07. The van der Waals surface area contributed by atoms with Gasteiger partial charge in [0.15, 0.2) is 5.16 Å². The molecule has 0 aliphatic rings. The summed E-state index contributed by atoms with van der Waals surface area (Å²) in [6.45, 7) is 3.76. The number of rotatable bonds is 3. The maximum Gasteiger partial charge on any atom is 0.192 e. The fourth-order valence-electron chi connectivity index (χ4n) is 1.50. The van der Waals surface area contributed by atoms with Gasteiger partial charge < -0.3 is 5.73 Å². The van der Waals surface area contributed by atoms with Gasteiger partial charge in [-0.1, -0.05) is 0 Å². The molecule has 0 fully saturated rings. The van der Waals surface area contributed by atoms with E-state index in [1.807, 2.05) is 13.8 Å². The van der Waals surface area contributed by atoms with E-state index in [-0.39, 0.29) is 11.9 Å². The van der Waals surface area contributed by atoms with Crippen LogP contribution in [0.2, 0.25) is 0 Å². The van der Waals surface area contributed by atoms with Crippen molar-refractivity contribution in [2.24, 2.45) is 5.73 Å². The molecule has 1 aromatic heterocycles. The standard InChI is InChI=1S/C13H14FN3S/c1-8-6-16-13(17-7-8)18-12-4-3-10(14)5-11(12)9(2)15/h3-7,9H,15H2,1-2H3. The van der Waals surface area contributed by atoms with Crippen molar-refractivity contribution < 1.29 is 4.39 Å². The minimum atomic E-state index is -0.281. The fourth-order valence-corrected chi connectivity index (χ4v) is 2.41. The van der Waals surface area contributed by atoms with Crippen molar-refractivity contribution in [2.45, 2.75) is 29.9 Å². The number of nitrogens with zero attached hydrogens (tertiary/aromatic N) is 2. The van der Waals surface area contributed by atoms with Crippen molar-refractivity contribution >= 4 is 11.8 Å². The van der Waals surface area contributed by atoms with Crippen LogP contribution in [0.15, 0.2) is 40.6 Å². The van der Waals surface area contributed by atoms with E-state index in [4.69, 9.17) is 5.73 Å². The highest BCUT2D eigenvalue weighted by atomic mass is 32.2. The maximum absolute atomic E-state index is 13.2. The highest BCUT2D eigenvalue weighted by Gasteiger charge is 2.10. The van der Waals surface area contributed by atoms with Gasteiger partial charge >= 0.3 is 0 Å². The second-order valence-corrected chi connectivity index (χ2v) is 5.12. The number of hydrogen-bond donors (Lipinski definition) is 1. The van der Waals surface area contributed by atoms with Crippen LogP contribution in [0.25, 0.3) is 0 Å². The van der Waals surface area contributed by atoms with Gasteiger partial charge in [-0.25, -0.2) is 14.4 Å². The predicted molar refractivity (Wildman–Crippen MR) is 69.9 cm³/mol. The molecule has 3 nitrogen and oxygen atoms in total. The predicted octanol–water partition coefficient (Wildman–Crippen LogP) is 3.10. The third kappa shape index (κ3) is 3.05. The fraction of sp³-hybridized carbons (Fsp3) is 0.231. The molecule has 0 spiro atoms. The number of hydrogen-bond acceptors (Lipinski definition) is 4. The Morgan fingerprint density at radius 2 is 1.94 bits per heavy atom. The lowest BCUT2D eigenvalue weighted by atomic mass is 10.1. The van der Waals surface area contributed by atoms with Crippen LogP contribution in [0.4, 0.5) is 4.39 Å². The van der Waals surface area contributed by atoms with Gasteiger partial charge in [0.1, 0.15) is 5.82 Å². The van der Waals surface area contributed by atoms with Crippen molar-refractivity contribution in [3.05, 3.63) is 47.5 Å². The van der Waals surface area contributed by atoms with Crippen molar-refractivity contribution in [1.82, 2.24) is 9.97 Å². The molecule has 0 amide bonds. The molecule has 94 valence electrons. The van der Waals surface area contributed by atoms with Crippen LogP contribution >= 0.6 is 11.8 Å². The SMILES string of the molecule is Cc1cnc(Sc2ccc(F)cc2C(C)N)nc1. The van der Waals surface area contributed by atoms with E-state index in [0.717, 1.165) is 16.0 Å². The summed E-state index contributed by atoms with van der Waals surface area (Å²) in [6.07, 6.45) is 3.51. The molecule has 1 aromatic carbocycles. The zero-order valence-corrected chi connectivity index (χ0v) is 11.0. The Morgan fingerprint density at radius 3 is 2.56 bits per heavy atom. The lowest BCUT2D eigenvalue weighted by molar-refractivity contribution is 0.619. The van der Waals surface area contributed by atoms with Crippen LogP contribution in [0.5, 0.6) is 0 Å². The van der Waals surface area contributed by atoms with Gasteiger partial charge in [-0.3, -0.25) is 0 Å². The number of halogens is 1. The quantitative estimate of drug-likeness (QED) is 0.865. The lowest BCUT2D eigenvalue weighted by Gasteiger charge is -2.11.